The number of aromatic nitrogens is 3. The number of nitrogens with zero attached hydrogens (tertiary/aromatic N) is 2. The van der Waals surface area contributed by atoms with Gasteiger partial charge in [0.2, 0.25) is 0 Å². The first-order chi connectivity index (χ1) is 5.47. The Hall–Kier alpha value is -0.640. The molecule has 12 heavy (non-hydrogen) atoms. The van der Waals surface area contributed by atoms with Gasteiger partial charge in [-0.15, -0.1) is 0 Å². The van der Waals surface area contributed by atoms with Gasteiger partial charge in [0, 0.05) is 5.56 Å². The predicted molar refractivity (Wildman–Crippen MR) is 42.9 cm³/mol. The molecule has 0 saturated heterocycles. The summed E-state index contributed by atoms with van der Waals surface area (Å²) in [7, 11) is 0. The molecular formula is C8H8N3Na. The van der Waals surface area contributed by atoms with Crippen molar-refractivity contribution in [3.8, 4) is 11.3 Å². The van der Waals surface area contributed by atoms with Crippen molar-refractivity contribution in [2.24, 2.45) is 0 Å². The zero-order valence-corrected chi connectivity index (χ0v) is 8.86. The van der Waals surface area contributed by atoms with Gasteiger partial charge in [-0.3, -0.25) is 0 Å². The molecule has 1 aromatic carbocycles. The number of benzene rings is 1. The Morgan fingerprint density at radius 1 is 1.17 bits per heavy atom. The molecule has 0 saturated carbocycles. The third-order valence-electron chi connectivity index (χ3n) is 1.48. The average molecular weight is 169 g/mol. The van der Waals surface area contributed by atoms with Gasteiger partial charge in [-0.05, 0) is 0 Å². The van der Waals surface area contributed by atoms with Crippen LogP contribution >= 0.6 is 0 Å². The molecular weight excluding hydrogens is 161 g/mol. The minimum absolute atomic E-state index is 0. The Kier molecular flexibility index (Phi) is 3.47. The van der Waals surface area contributed by atoms with E-state index in [0.29, 0.717) is 0 Å². The Bertz CT molecular complexity index is 322. The third-order valence-corrected chi connectivity index (χ3v) is 1.48. The fourth-order valence-corrected chi connectivity index (χ4v) is 0.950. The molecule has 2 rings (SSSR count). The van der Waals surface area contributed by atoms with E-state index >= 15 is 0 Å². The minimum Gasteiger partial charge on any atom is -1.00 e. The van der Waals surface area contributed by atoms with Gasteiger partial charge >= 0.3 is 29.6 Å². The standard InChI is InChI=1S/C8H7N3.Na.H/c1-2-4-7(5-3-1)8-6-9-11-10-8;;/h1-6H,(H,9,10,11);;/q;+1;-1. The summed E-state index contributed by atoms with van der Waals surface area (Å²) in [4.78, 5) is 0. The van der Waals surface area contributed by atoms with Crippen molar-refractivity contribution in [3.63, 3.8) is 0 Å². The van der Waals surface area contributed by atoms with Crippen molar-refractivity contribution >= 4 is 0 Å². The zero-order valence-electron chi connectivity index (χ0n) is 7.86. The Labute approximate surface area is 94.0 Å². The van der Waals surface area contributed by atoms with Crippen LogP contribution in [0.5, 0.6) is 0 Å². The van der Waals surface area contributed by atoms with Crippen LogP contribution in [0.1, 0.15) is 1.43 Å². The van der Waals surface area contributed by atoms with Gasteiger partial charge in [0.05, 0.1) is 6.20 Å². The summed E-state index contributed by atoms with van der Waals surface area (Å²) in [6, 6.07) is 9.92. The molecule has 0 fully saturated rings. The maximum atomic E-state index is 3.95. The van der Waals surface area contributed by atoms with Crippen molar-refractivity contribution in [1.82, 2.24) is 15.4 Å². The second-order valence-corrected chi connectivity index (χ2v) is 2.22. The van der Waals surface area contributed by atoms with E-state index in [2.05, 4.69) is 15.4 Å². The van der Waals surface area contributed by atoms with E-state index in [9.17, 15) is 0 Å². The summed E-state index contributed by atoms with van der Waals surface area (Å²) < 4.78 is 0. The van der Waals surface area contributed by atoms with E-state index in [0.717, 1.165) is 11.3 Å². The van der Waals surface area contributed by atoms with Crippen LogP contribution in [0.15, 0.2) is 36.5 Å². The molecule has 0 bridgehead atoms. The minimum atomic E-state index is 0. The Morgan fingerprint density at radius 2 is 1.92 bits per heavy atom. The fraction of sp³-hybridized carbons (Fsp3) is 0. The molecule has 1 aromatic heterocycles. The Balaban J connectivity index is 0.000000720. The van der Waals surface area contributed by atoms with Gasteiger partial charge in [0.1, 0.15) is 5.69 Å². The fourth-order valence-electron chi connectivity index (χ4n) is 0.950. The molecule has 0 spiro atoms. The van der Waals surface area contributed by atoms with Crippen LogP contribution < -0.4 is 29.6 Å². The monoisotopic (exact) mass is 169 g/mol. The van der Waals surface area contributed by atoms with Crippen LogP contribution in [0.2, 0.25) is 0 Å². The predicted octanol–water partition coefficient (Wildman–Crippen LogP) is -1.41. The third kappa shape index (κ3) is 1.94. The SMILES string of the molecule is [H-].[Na+].c1ccc(-c2cn[nH]n2)cc1. The summed E-state index contributed by atoms with van der Waals surface area (Å²) in [5.74, 6) is 0. The molecule has 0 amide bonds. The zero-order chi connectivity index (χ0) is 7.52. The molecule has 2 aromatic rings. The molecule has 0 unspecified atom stereocenters. The van der Waals surface area contributed by atoms with Crippen LogP contribution in [-0.2, 0) is 0 Å². The molecule has 56 valence electrons. The van der Waals surface area contributed by atoms with Crippen LogP contribution in [0.4, 0.5) is 0 Å². The summed E-state index contributed by atoms with van der Waals surface area (Å²) in [5, 5.41) is 10.2. The number of rotatable bonds is 1. The second-order valence-electron chi connectivity index (χ2n) is 2.22. The van der Waals surface area contributed by atoms with Crippen molar-refractivity contribution in [1.29, 1.82) is 0 Å². The van der Waals surface area contributed by atoms with Crippen molar-refractivity contribution < 1.29 is 31.0 Å². The molecule has 4 heteroatoms. The topological polar surface area (TPSA) is 41.6 Å². The summed E-state index contributed by atoms with van der Waals surface area (Å²) >= 11 is 0. The Morgan fingerprint density at radius 3 is 2.50 bits per heavy atom. The van der Waals surface area contributed by atoms with Crippen molar-refractivity contribution in [3.05, 3.63) is 36.5 Å². The van der Waals surface area contributed by atoms with Crippen molar-refractivity contribution in [2.45, 2.75) is 0 Å². The van der Waals surface area contributed by atoms with Gasteiger partial charge < -0.3 is 1.43 Å². The van der Waals surface area contributed by atoms with E-state index < -0.39 is 0 Å². The number of hydrogen-bond acceptors (Lipinski definition) is 2. The largest absolute Gasteiger partial charge is 1.00 e. The second kappa shape index (κ2) is 4.40. The van der Waals surface area contributed by atoms with E-state index in [1.165, 1.54) is 0 Å². The van der Waals surface area contributed by atoms with Crippen molar-refractivity contribution in [2.75, 3.05) is 0 Å². The smallest absolute Gasteiger partial charge is 1.00 e. The van der Waals surface area contributed by atoms with Gasteiger partial charge in [0.15, 0.2) is 0 Å². The van der Waals surface area contributed by atoms with Crippen LogP contribution in [0.3, 0.4) is 0 Å². The van der Waals surface area contributed by atoms with E-state index in [4.69, 9.17) is 0 Å². The molecule has 0 radical (unpaired) electrons. The molecule has 0 aliphatic rings. The maximum absolute atomic E-state index is 3.95. The summed E-state index contributed by atoms with van der Waals surface area (Å²) in [5.41, 5.74) is 1.96. The number of hydrogen-bond donors (Lipinski definition) is 1. The first-order valence-electron chi connectivity index (χ1n) is 3.38. The summed E-state index contributed by atoms with van der Waals surface area (Å²) in [6.07, 6.45) is 1.70. The number of nitrogens with one attached hydrogen (secondary N) is 1. The van der Waals surface area contributed by atoms with E-state index in [-0.39, 0.29) is 31.0 Å². The van der Waals surface area contributed by atoms with Gasteiger partial charge in [-0.25, -0.2) is 0 Å². The van der Waals surface area contributed by atoms with E-state index in [1.54, 1.807) is 6.20 Å². The molecule has 1 N–H and O–H groups in total. The first kappa shape index (κ1) is 9.45. The number of aromatic amines is 1. The summed E-state index contributed by atoms with van der Waals surface area (Å²) in [6.45, 7) is 0. The normalized spacial score (nSPS) is 9.00. The van der Waals surface area contributed by atoms with Crippen LogP contribution in [0, 0.1) is 0 Å². The van der Waals surface area contributed by atoms with Gasteiger partial charge in [-0.1, -0.05) is 30.3 Å². The average Bonchev–Trinajstić information content (AvgIpc) is 2.58. The quantitative estimate of drug-likeness (QED) is 0.533. The molecule has 3 nitrogen and oxygen atoms in total. The van der Waals surface area contributed by atoms with E-state index in [1.807, 2.05) is 30.3 Å². The maximum Gasteiger partial charge on any atom is 1.00 e. The molecule has 0 aliphatic heterocycles. The van der Waals surface area contributed by atoms with Crippen LogP contribution in [-0.4, -0.2) is 15.4 Å². The van der Waals surface area contributed by atoms with Gasteiger partial charge in [0.25, 0.3) is 0 Å². The molecule has 1 heterocycles. The first-order valence-corrected chi connectivity index (χ1v) is 3.38. The molecule has 0 atom stereocenters. The molecule has 0 aliphatic carbocycles. The number of H-pyrrole nitrogens is 1. The van der Waals surface area contributed by atoms with Crippen LogP contribution in [0.25, 0.3) is 11.3 Å². The van der Waals surface area contributed by atoms with Gasteiger partial charge in [-0.2, -0.15) is 15.4 Å².